The molecule has 1 amide bonds. The van der Waals surface area contributed by atoms with Gasteiger partial charge in [0.1, 0.15) is 13.6 Å². The van der Waals surface area contributed by atoms with Crippen molar-refractivity contribution in [2.24, 2.45) is 0 Å². The molecule has 0 atom stereocenters. The van der Waals surface area contributed by atoms with E-state index in [4.69, 9.17) is 0 Å². The smallest absolute Gasteiger partial charge is 0.387 e. The van der Waals surface area contributed by atoms with Gasteiger partial charge in [0.05, 0.1) is 0 Å². The van der Waals surface area contributed by atoms with Gasteiger partial charge in [-0.2, -0.15) is 8.78 Å². The zero-order chi connectivity index (χ0) is 16.6. The molecule has 1 aliphatic heterocycles. The Labute approximate surface area is 134 Å². The molecule has 6 heteroatoms. The number of rotatable bonds is 4. The van der Waals surface area contributed by atoms with E-state index in [1.54, 1.807) is 17.0 Å². The zero-order valence-electron chi connectivity index (χ0n) is 13.0. The molecular formula is C17H16BF2NO2. The summed E-state index contributed by atoms with van der Waals surface area (Å²) in [7, 11) is 2.02. The van der Waals surface area contributed by atoms with Gasteiger partial charge < -0.3 is 9.64 Å². The quantitative estimate of drug-likeness (QED) is 0.808. The Balaban J connectivity index is 1.75. The number of hydrogen-bond donors (Lipinski definition) is 0. The van der Waals surface area contributed by atoms with Crippen molar-refractivity contribution in [2.45, 2.75) is 26.6 Å². The van der Waals surface area contributed by atoms with Crippen LogP contribution in [0.25, 0.3) is 0 Å². The van der Waals surface area contributed by atoms with Crippen molar-refractivity contribution in [1.29, 1.82) is 0 Å². The lowest BCUT2D eigenvalue weighted by atomic mass is 9.90. The third kappa shape index (κ3) is 3.21. The molecular weight excluding hydrogens is 299 g/mol. The van der Waals surface area contributed by atoms with E-state index in [0.717, 1.165) is 27.7 Å². The van der Waals surface area contributed by atoms with Crippen LogP contribution < -0.4 is 10.2 Å². The van der Waals surface area contributed by atoms with Gasteiger partial charge in [0, 0.05) is 18.7 Å². The van der Waals surface area contributed by atoms with Crippen molar-refractivity contribution in [2.75, 3.05) is 0 Å². The molecule has 0 radical (unpaired) electrons. The number of nitrogens with zero attached hydrogens (tertiary/aromatic N) is 1. The average molecular weight is 315 g/mol. The van der Waals surface area contributed by atoms with Crippen molar-refractivity contribution in [1.82, 2.24) is 4.90 Å². The van der Waals surface area contributed by atoms with Crippen molar-refractivity contribution in [3.63, 3.8) is 0 Å². The summed E-state index contributed by atoms with van der Waals surface area (Å²) in [6.07, 6.45) is 0. The first-order chi connectivity index (χ1) is 10.9. The van der Waals surface area contributed by atoms with Crippen molar-refractivity contribution in [3.8, 4) is 5.75 Å². The van der Waals surface area contributed by atoms with Gasteiger partial charge in [0.15, 0.2) is 0 Å². The number of carbonyl (C=O) groups is 1. The van der Waals surface area contributed by atoms with Crippen LogP contribution in [0.5, 0.6) is 5.75 Å². The molecule has 0 fully saturated rings. The number of halogens is 2. The molecule has 0 saturated heterocycles. The summed E-state index contributed by atoms with van der Waals surface area (Å²) in [6, 6.07) is 10.4. The van der Waals surface area contributed by atoms with Crippen LogP contribution in [0.15, 0.2) is 36.4 Å². The molecule has 2 aromatic rings. The first-order valence-electron chi connectivity index (χ1n) is 7.37. The lowest BCUT2D eigenvalue weighted by Gasteiger charge is -2.16. The number of hydrogen-bond acceptors (Lipinski definition) is 2. The molecule has 1 aliphatic rings. The molecule has 0 spiro atoms. The Morgan fingerprint density at radius 1 is 1.26 bits per heavy atom. The van der Waals surface area contributed by atoms with Gasteiger partial charge in [-0.25, -0.2) is 0 Å². The molecule has 0 unspecified atom stereocenters. The fourth-order valence-corrected chi connectivity index (χ4v) is 3.05. The topological polar surface area (TPSA) is 29.5 Å². The summed E-state index contributed by atoms with van der Waals surface area (Å²) in [6.45, 7) is 0.137. The molecule has 23 heavy (non-hydrogen) atoms. The Morgan fingerprint density at radius 2 is 1.96 bits per heavy atom. The maximum absolute atomic E-state index is 12.5. The van der Waals surface area contributed by atoms with E-state index in [1.165, 1.54) is 12.1 Å². The number of alkyl halides is 2. The lowest BCUT2D eigenvalue weighted by Crippen LogP contribution is -2.23. The van der Waals surface area contributed by atoms with Gasteiger partial charge >= 0.3 is 6.61 Å². The highest BCUT2D eigenvalue weighted by atomic mass is 19.3. The minimum Gasteiger partial charge on any atom is -0.435 e. The van der Waals surface area contributed by atoms with Crippen LogP contribution in [-0.4, -0.2) is 25.3 Å². The van der Waals surface area contributed by atoms with Crippen LogP contribution in [0.3, 0.4) is 0 Å². The van der Waals surface area contributed by atoms with Gasteiger partial charge in [0.25, 0.3) is 5.91 Å². The Bertz CT molecular complexity index is 747. The highest BCUT2D eigenvalue weighted by Crippen LogP contribution is 2.26. The first-order valence-corrected chi connectivity index (χ1v) is 7.37. The van der Waals surface area contributed by atoms with Gasteiger partial charge in [-0.1, -0.05) is 29.7 Å². The summed E-state index contributed by atoms with van der Waals surface area (Å²) in [5.74, 6) is 0.136. The second-order valence-corrected chi connectivity index (χ2v) is 5.80. The largest absolute Gasteiger partial charge is 0.435 e. The Kier molecular flexibility index (Phi) is 4.07. The normalized spacial score (nSPS) is 13.6. The molecule has 0 N–H and O–H groups in total. The highest BCUT2D eigenvalue weighted by Gasteiger charge is 2.28. The Morgan fingerprint density at radius 3 is 2.61 bits per heavy atom. The van der Waals surface area contributed by atoms with E-state index in [2.05, 4.69) is 4.74 Å². The minimum absolute atomic E-state index is 0.0189. The molecule has 0 saturated carbocycles. The molecule has 0 bridgehead atoms. The van der Waals surface area contributed by atoms with Gasteiger partial charge in [-0.3, -0.25) is 4.79 Å². The van der Waals surface area contributed by atoms with Crippen LogP contribution in [-0.2, 0) is 13.1 Å². The molecule has 0 aliphatic carbocycles. The van der Waals surface area contributed by atoms with E-state index in [-0.39, 0.29) is 11.7 Å². The molecule has 3 nitrogen and oxygen atoms in total. The number of carbonyl (C=O) groups excluding carboxylic acids is 1. The van der Waals surface area contributed by atoms with E-state index >= 15 is 0 Å². The van der Waals surface area contributed by atoms with Crippen LogP contribution in [0.4, 0.5) is 8.78 Å². The predicted molar refractivity (Wildman–Crippen MR) is 86.0 cm³/mol. The summed E-state index contributed by atoms with van der Waals surface area (Å²) in [4.78, 5) is 14.3. The van der Waals surface area contributed by atoms with Gasteiger partial charge in [-0.05, 0) is 35.7 Å². The number of benzene rings is 2. The molecule has 118 valence electrons. The summed E-state index contributed by atoms with van der Waals surface area (Å²) in [5.41, 5.74) is 4.85. The second kappa shape index (κ2) is 6.03. The van der Waals surface area contributed by atoms with E-state index < -0.39 is 6.61 Å². The highest BCUT2D eigenvalue weighted by molar-refractivity contribution is 6.32. The number of ether oxygens (including phenoxy) is 1. The second-order valence-electron chi connectivity index (χ2n) is 5.80. The van der Waals surface area contributed by atoms with E-state index in [0.29, 0.717) is 13.1 Å². The maximum Gasteiger partial charge on any atom is 0.387 e. The molecule has 1 heterocycles. The van der Waals surface area contributed by atoms with Crippen LogP contribution in [0.2, 0.25) is 0 Å². The standard InChI is InChI=1S/C17H16BF2NO2/c1-10-6-13(18)7-12-9-21(16(22)15(10)12)8-11-2-4-14(5-3-11)23-17(19)20/h2-7,17H,8-9,18H2,1H3. The van der Waals surface area contributed by atoms with E-state index in [1.807, 2.05) is 26.9 Å². The monoisotopic (exact) mass is 315 g/mol. The average Bonchev–Trinajstić information content (AvgIpc) is 2.76. The third-order valence-electron chi connectivity index (χ3n) is 3.95. The van der Waals surface area contributed by atoms with Gasteiger partial charge in [-0.15, -0.1) is 0 Å². The van der Waals surface area contributed by atoms with Crippen LogP contribution in [0.1, 0.15) is 27.0 Å². The fraction of sp³-hybridized carbons (Fsp3) is 0.235. The first kappa shape index (κ1) is 15.5. The number of aryl methyl sites for hydroxylation is 1. The van der Waals surface area contributed by atoms with Crippen molar-refractivity contribution >= 4 is 19.2 Å². The number of fused-ring (bicyclic) bond motifs is 1. The molecule has 2 aromatic carbocycles. The SMILES string of the molecule is Bc1cc(C)c2c(c1)CN(Cc1ccc(OC(F)F)cc1)C2=O. The Hall–Kier alpha value is -2.37. The van der Waals surface area contributed by atoms with Gasteiger partial charge in [0.2, 0.25) is 0 Å². The fourth-order valence-electron chi connectivity index (χ4n) is 3.05. The maximum atomic E-state index is 12.5. The lowest BCUT2D eigenvalue weighted by molar-refractivity contribution is -0.0498. The molecule has 3 rings (SSSR count). The van der Waals surface area contributed by atoms with Crippen molar-refractivity contribution in [3.05, 3.63) is 58.7 Å². The van der Waals surface area contributed by atoms with Crippen LogP contribution in [0, 0.1) is 6.92 Å². The van der Waals surface area contributed by atoms with Crippen molar-refractivity contribution < 1.29 is 18.3 Å². The van der Waals surface area contributed by atoms with Crippen LogP contribution >= 0.6 is 0 Å². The summed E-state index contributed by atoms with van der Waals surface area (Å²) < 4.78 is 28.6. The predicted octanol–water partition coefficient (Wildman–Crippen LogP) is 2.01. The van der Waals surface area contributed by atoms with E-state index in [9.17, 15) is 13.6 Å². The third-order valence-corrected chi connectivity index (χ3v) is 3.95. The zero-order valence-corrected chi connectivity index (χ0v) is 13.0. The number of amides is 1. The summed E-state index contributed by atoms with van der Waals surface area (Å²) >= 11 is 0. The summed E-state index contributed by atoms with van der Waals surface area (Å²) in [5, 5.41) is 0. The minimum atomic E-state index is -2.83. The molecule has 0 aromatic heterocycles.